The van der Waals surface area contributed by atoms with Crippen molar-refractivity contribution >= 4 is 11.6 Å². The van der Waals surface area contributed by atoms with E-state index < -0.39 is 23.5 Å². The van der Waals surface area contributed by atoms with Gasteiger partial charge in [-0.1, -0.05) is 23.7 Å². The van der Waals surface area contributed by atoms with Crippen molar-refractivity contribution in [1.82, 2.24) is 24.7 Å². The second-order valence-electron chi connectivity index (χ2n) is 8.75. The summed E-state index contributed by atoms with van der Waals surface area (Å²) >= 11 is 6.56. The highest BCUT2D eigenvalue weighted by Gasteiger charge is 2.46. The number of benzene rings is 1. The van der Waals surface area contributed by atoms with E-state index in [0.717, 1.165) is 4.68 Å². The third kappa shape index (κ3) is 4.06. The number of ether oxygens (including phenoxy) is 1. The summed E-state index contributed by atoms with van der Waals surface area (Å²) in [6, 6.07) is 6.24. The van der Waals surface area contributed by atoms with E-state index >= 15 is 0 Å². The van der Waals surface area contributed by atoms with Crippen molar-refractivity contribution in [1.29, 1.82) is 0 Å². The van der Waals surface area contributed by atoms with Crippen molar-refractivity contribution < 1.29 is 23.0 Å². The highest BCUT2D eigenvalue weighted by Crippen LogP contribution is 2.49. The number of aliphatic hydroxyl groups is 1. The number of hydrogen-bond acceptors (Lipinski definition) is 5. The third-order valence-corrected chi connectivity index (χ3v) is 6.56. The molecule has 0 bridgehead atoms. The van der Waals surface area contributed by atoms with Crippen LogP contribution in [0.3, 0.4) is 0 Å². The Morgan fingerprint density at radius 3 is 2.49 bits per heavy atom. The Kier molecular flexibility index (Phi) is 5.60. The lowest BCUT2D eigenvalue weighted by atomic mass is 9.77. The van der Waals surface area contributed by atoms with Crippen LogP contribution in [-0.2, 0) is 6.18 Å². The number of methoxy groups -OCH3 is 1. The van der Waals surface area contributed by atoms with Crippen LogP contribution in [0.5, 0.6) is 5.75 Å². The van der Waals surface area contributed by atoms with Gasteiger partial charge < -0.3 is 14.8 Å². The molecule has 0 radical (unpaired) electrons. The number of rotatable bonds is 5. The van der Waals surface area contributed by atoms with Gasteiger partial charge in [-0.15, -0.1) is 0 Å². The quantitative estimate of drug-likeness (QED) is 0.361. The van der Waals surface area contributed by atoms with E-state index in [0.29, 0.717) is 27.5 Å². The molecule has 2 N–H and O–H groups in total. The first kappa shape index (κ1) is 23.4. The summed E-state index contributed by atoms with van der Waals surface area (Å²) in [5.74, 6) is 0.651. The molecule has 182 valence electrons. The monoisotopic (exact) mass is 503 g/mol. The molecule has 1 fully saturated rings. The van der Waals surface area contributed by atoms with Gasteiger partial charge in [0, 0.05) is 35.3 Å². The maximum absolute atomic E-state index is 14.4. The normalized spacial score (nSPS) is 20.0. The van der Waals surface area contributed by atoms with E-state index in [1.54, 1.807) is 37.4 Å². The fraction of sp³-hybridized carbons (Fsp3) is 0.292. The molecule has 5 rings (SSSR count). The average Bonchev–Trinajstić information content (AvgIpc) is 3.42. The van der Waals surface area contributed by atoms with Crippen LogP contribution in [0.15, 0.2) is 49.1 Å². The van der Waals surface area contributed by atoms with Gasteiger partial charge in [0.05, 0.1) is 41.2 Å². The standard InChI is InChI=1S/C24H21ClF3N5O2/c1-23(34)9-13(10-23)33-21(24(26,27)28)16(12-32-33)20-18(22-29-7-4-8-30-22)15(11-31-20)14-5-3-6-17(35-2)19(14)25/h3-8,11-13,31,34H,9-10H2,1-2H3. The molecule has 0 atom stereocenters. The third-order valence-electron chi connectivity index (χ3n) is 6.17. The molecule has 0 aliphatic heterocycles. The second kappa shape index (κ2) is 8.39. The van der Waals surface area contributed by atoms with Crippen LogP contribution in [0.25, 0.3) is 33.8 Å². The van der Waals surface area contributed by atoms with E-state index in [1.165, 1.54) is 25.7 Å². The minimum absolute atomic E-state index is 0.142. The number of hydrogen-bond donors (Lipinski definition) is 2. The van der Waals surface area contributed by atoms with Crippen molar-refractivity contribution in [2.24, 2.45) is 0 Å². The minimum Gasteiger partial charge on any atom is -0.495 e. The van der Waals surface area contributed by atoms with Gasteiger partial charge in [0.15, 0.2) is 11.5 Å². The smallest absolute Gasteiger partial charge is 0.433 e. The van der Waals surface area contributed by atoms with Crippen LogP contribution in [0, 0.1) is 0 Å². The first-order valence-corrected chi connectivity index (χ1v) is 11.2. The van der Waals surface area contributed by atoms with Crippen LogP contribution in [0.2, 0.25) is 5.02 Å². The zero-order valence-electron chi connectivity index (χ0n) is 18.8. The molecule has 35 heavy (non-hydrogen) atoms. The Morgan fingerprint density at radius 2 is 1.86 bits per heavy atom. The Morgan fingerprint density at radius 1 is 1.14 bits per heavy atom. The van der Waals surface area contributed by atoms with Crippen molar-refractivity contribution in [3.63, 3.8) is 0 Å². The zero-order valence-corrected chi connectivity index (χ0v) is 19.5. The highest BCUT2D eigenvalue weighted by atomic mass is 35.5. The van der Waals surface area contributed by atoms with Gasteiger partial charge in [-0.3, -0.25) is 4.68 Å². The molecule has 4 aromatic rings. The largest absolute Gasteiger partial charge is 0.495 e. The number of halogens is 4. The van der Waals surface area contributed by atoms with Crippen LogP contribution < -0.4 is 4.74 Å². The summed E-state index contributed by atoms with van der Waals surface area (Å²) in [5.41, 5.74) is -0.474. The lowest BCUT2D eigenvalue weighted by Gasteiger charge is -2.41. The summed E-state index contributed by atoms with van der Waals surface area (Å²) < 4.78 is 49.4. The highest BCUT2D eigenvalue weighted by molar-refractivity contribution is 6.35. The van der Waals surface area contributed by atoms with Crippen molar-refractivity contribution in [3.05, 3.63) is 59.8 Å². The number of alkyl halides is 3. The summed E-state index contributed by atoms with van der Waals surface area (Å²) in [7, 11) is 1.48. The number of aromatic amines is 1. The molecule has 0 amide bonds. The van der Waals surface area contributed by atoms with Crippen LogP contribution >= 0.6 is 11.6 Å². The predicted octanol–water partition coefficient (Wildman–Crippen LogP) is 5.77. The molecule has 0 saturated heterocycles. The summed E-state index contributed by atoms with van der Waals surface area (Å²) in [5, 5.41) is 14.5. The molecule has 1 aliphatic rings. The first-order valence-electron chi connectivity index (χ1n) is 10.8. The van der Waals surface area contributed by atoms with E-state index in [4.69, 9.17) is 16.3 Å². The molecule has 3 aromatic heterocycles. The Balaban J connectivity index is 1.74. The second-order valence-corrected chi connectivity index (χ2v) is 9.13. The zero-order chi connectivity index (χ0) is 25.0. The minimum atomic E-state index is -4.69. The molecule has 1 aliphatic carbocycles. The van der Waals surface area contributed by atoms with Gasteiger partial charge in [0.1, 0.15) is 5.75 Å². The van der Waals surface area contributed by atoms with Gasteiger partial charge in [0.2, 0.25) is 0 Å². The molecule has 7 nitrogen and oxygen atoms in total. The fourth-order valence-corrected chi connectivity index (χ4v) is 4.92. The molecule has 3 heterocycles. The van der Waals surface area contributed by atoms with Crippen molar-refractivity contribution in [2.45, 2.75) is 37.6 Å². The van der Waals surface area contributed by atoms with Crippen LogP contribution in [-0.4, -0.2) is 42.5 Å². The predicted molar refractivity (Wildman–Crippen MR) is 124 cm³/mol. The fourth-order valence-electron chi connectivity index (χ4n) is 4.62. The topological polar surface area (TPSA) is 88.8 Å². The van der Waals surface area contributed by atoms with Gasteiger partial charge >= 0.3 is 6.18 Å². The Bertz CT molecular complexity index is 1370. The van der Waals surface area contributed by atoms with Crippen LogP contribution in [0.1, 0.15) is 31.5 Å². The number of nitrogens with one attached hydrogen (secondary N) is 1. The van der Waals surface area contributed by atoms with Crippen LogP contribution in [0.4, 0.5) is 13.2 Å². The molecular formula is C24H21ClF3N5O2. The SMILES string of the molecule is COc1cccc(-c2c[nH]c(-c3cnn(C4CC(C)(O)C4)c3C(F)(F)F)c2-c2ncccn2)c1Cl. The Hall–Kier alpha value is -3.37. The summed E-state index contributed by atoms with van der Waals surface area (Å²) in [4.78, 5) is 11.6. The van der Waals surface area contributed by atoms with E-state index in [-0.39, 0.29) is 29.9 Å². The first-order chi connectivity index (χ1) is 16.6. The molecule has 1 saturated carbocycles. The lowest BCUT2D eigenvalue weighted by molar-refractivity contribution is -0.148. The summed E-state index contributed by atoms with van der Waals surface area (Å²) in [6.45, 7) is 1.60. The average molecular weight is 504 g/mol. The number of aromatic nitrogens is 5. The Labute approximate surface area is 203 Å². The summed E-state index contributed by atoms with van der Waals surface area (Å²) in [6.07, 6.45) is 1.46. The van der Waals surface area contributed by atoms with Gasteiger partial charge in [0.25, 0.3) is 0 Å². The lowest BCUT2D eigenvalue weighted by Crippen LogP contribution is -2.43. The van der Waals surface area contributed by atoms with Crippen molar-refractivity contribution in [3.8, 4) is 39.5 Å². The van der Waals surface area contributed by atoms with Gasteiger partial charge in [-0.25, -0.2) is 9.97 Å². The maximum Gasteiger partial charge on any atom is 0.433 e. The molecular weight excluding hydrogens is 483 g/mol. The molecule has 11 heteroatoms. The molecule has 0 spiro atoms. The maximum atomic E-state index is 14.4. The number of nitrogens with zero attached hydrogens (tertiary/aromatic N) is 4. The number of H-pyrrole nitrogens is 1. The van der Waals surface area contributed by atoms with Gasteiger partial charge in [-0.2, -0.15) is 18.3 Å². The van der Waals surface area contributed by atoms with E-state index in [9.17, 15) is 18.3 Å². The van der Waals surface area contributed by atoms with E-state index in [1.807, 2.05) is 0 Å². The van der Waals surface area contributed by atoms with Gasteiger partial charge in [-0.05, 0) is 31.9 Å². The van der Waals surface area contributed by atoms with E-state index in [2.05, 4.69) is 20.1 Å². The molecule has 0 unspecified atom stereocenters. The molecule has 1 aromatic carbocycles. The van der Waals surface area contributed by atoms with Crippen molar-refractivity contribution in [2.75, 3.05) is 7.11 Å².